The summed E-state index contributed by atoms with van der Waals surface area (Å²) in [4.78, 5) is 34.8. The van der Waals surface area contributed by atoms with Crippen LogP contribution in [0.1, 0.15) is 67.4 Å². The molecule has 1 atom stereocenters. The lowest BCUT2D eigenvalue weighted by molar-refractivity contribution is -0.262. The molecule has 0 bridgehead atoms. The van der Waals surface area contributed by atoms with Crippen molar-refractivity contribution in [3.05, 3.63) is 58.2 Å². The molecule has 1 aromatic heterocycles. The first-order chi connectivity index (χ1) is 19.7. The van der Waals surface area contributed by atoms with Gasteiger partial charge in [0.15, 0.2) is 0 Å². The number of aliphatic hydroxyl groups is 1. The number of piperidine rings is 2. The molecule has 0 aliphatic carbocycles. The molecule has 0 spiro atoms. The summed E-state index contributed by atoms with van der Waals surface area (Å²) in [5.41, 5.74) is -3.14. The fraction of sp³-hybridized carbons (Fsp3) is 0.581. The van der Waals surface area contributed by atoms with Crippen LogP contribution in [0, 0.1) is 11.3 Å². The monoisotopic (exact) mass is 608 g/mol. The number of benzene rings is 1. The number of alkyl halides is 3. The summed E-state index contributed by atoms with van der Waals surface area (Å²) in [5.74, 6) is -0.341. The second-order valence-corrected chi connectivity index (χ2v) is 12.6. The lowest BCUT2D eigenvalue weighted by Crippen LogP contribution is -2.57. The highest BCUT2D eigenvalue weighted by atomic mass is 35.5. The second kappa shape index (κ2) is 12.4. The van der Waals surface area contributed by atoms with Crippen LogP contribution in [-0.4, -0.2) is 78.2 Å². The van der Waals surface area contributed by atoms with Gasteiger partial charge in [-0.3, -0.25) is 9.59 Å². The van der Waals surface area contributed by atoms with E-state index in [1.807, 2.05) is 13.0 Å². The number of hydrogen-bond acceptors (Lipinski definition) is 5. The van der Waals surface area contributed by atoms with Crippen molar-refractivity contribution in [1.82, 2.24) is 14.8 Å². The van der Waals surface area contributed by atoms with E-state index in [1.54, 1.807) is 26.2 Å². The molecule has 11 heteroatoms. The molecule has 0 saturated carbocycles. The van der Waals surface area contributed by atoms with Crippen LogP contribution in [0.15, 0.2) is 36.4 Å². The van der Waals surface area contributed by atoms with E-state index in [0.29, 0.717) is 36.3 Å². The van der Waals surface area contributed by atoms with Crippen molar-refractivity contribution in [1.29, 1.82) is 0 Å². The number of rotatable bonds is 7. The third kappa shape index (κ3) is 6.54. The van der Waals surface area contributed by atoms with Gasteiger partial charge in [-0.15, -0.1) is 0 Å². The lowest BCUT2D eigenvalue weighted by Gasteiger charge is -2.44. The predicted molar refractivity (Wildman–Crippen MR) is 157 cm³/mol. The summed E-state index contributed by atoms with van der Waals surface area (Å²) in [6, 6.07) is 9.09. The Morgan fingerprint density at radius 3 is 2.29 bits per heavy atom. The van der Waals surface area contributed by atoms with Gasteiger partial charge in [-0.05, 0) is 67.6 Å². The largest absolute Gasteiger partial charge is 0.430 e. The number of nitrogens with zero attached hydrogens (tertiary/aromatic N) is 4. The zero-order valence-electron chi connectivity index (χ0n) is 24.7. The lowest BCUT2D eigenvalue weighted by atomic mass is 9.71. The number of anilines is 1. The summed E-state index contributed by atoms with van der Waals surface area (Å²) in [7, 11) is 3.32. The molecule has 2 aromatic rings. The van der Waals surface area contributed by atoms with E-state index >= 15 is 0 Å². The van der Waals surface area contributed by atoms with E-state index < -0.39 is 23.2 Å². The molecular formula is C31H40ClF3N4O3. The molecule has 0 unspecified atom stereocenters. The van der Waals surface area contributed by atoms with E-state index in [0.717, 1.165) is 38.2 Å². The van der Waals surface area contributed by atoms with Crippen molar-refractivity contribution in [2.24, 2.45) is 11.3 Å². The molecule has 4 rings (SSSR count). The average Bonchev–Trinajstić information content (AvgIpc) is 2.96. The minimum atomic E-state index is -5.15. The van der Waals surface area contributed by atoms with Crippen LogP contribution in [0.25, 0.3) is 0 Å². The maximum atomic E-state index is 14.2. The minimum absolute atomic E-state index is 0.113. The van der Waals surface area contributed by atoms with E-state index in [2.05, 4.69) is 16.8 Å². The molecule has 3 heterocycles. The number of hydrogen-bond donors (Lipinski definition) is 1. The van der Waals surface area contributed by atoms with Crippen LogP contribution in [0.4, 0.5) is 19.0 Å². The molecule has 2 fully saturated rings. The molecule has 1 N–H and O–H groups in total. The SMILES string of the molecule is CCc1cccc([C@@](O)(C(=O)N2CCC(C)(CC3CCN(c4ccc(C(=O)N(C)C)c(Cl)n4)CC3)CC2)C(F)(F)F)c1. The third-order valence-electron chi connectivity index (χ3n) is 8.92. The van der Waals surface area contributed by atoms with Crippen LogP contribution in [0.5, 0.6) is 0 Å². The van der Waals surface area contributed by atoms with Crippen LogP contribution >= 0.6 is 11.6 Å². The molecular weight excluding hydrogens is 569 g/mol. The number of amides is 2. The van der Waals surface area contributed by atoms with Crippen molar-refractivity contribution in [3.63, 3.8) is 0 Å². The van der Waals surface area contributed by atoms with Gasteiger partial charge in [-0.25, -0.2) is 4.98 Å². The smallest absolute Gasteiger partial charge is 0.369 e. The van der Waals surface area contributed by atoms with Gasteiger partial charge < -0.3 is 19.8 Å². The Bertz CT molecular complexity index is 1290. The van der Waals surface area contributed by atoms with Crippen molar-refractivity contribution < 1.29 is 27.9 Å². The van der Waals surface area contributed by atoms with Crippen LogP contribution in [-0.2, 0) is 16.8 Å². The van der Waals surface area contributed by atoms with Crippen molar-refractivity contribution in [2.45, 2.75) is 64.1 Å². The topological polar surface area (TPSA) is 77.0 Å². The first kappa shape index (κ1) is 32.1. The van der Waals surface area contributed by atoms with Gasteiger partial charge in [0.05, 0.1) is 5.56 Å². The van der Waals surface area contributed by atoms with Gasteiger partial charge in [-0.1, -0.05) is 49.7 Å². The Morgan fingerprint density at radius 1 is 1.10 bits per heavy atom. The van der Waals surface area contributed by atoms with E-state index in [4.69, 9.17) is 11.6 Å². The molecule has 0 radical (unpaired) electrons. The maximum absolute atomic E-state index is 14.2. The van der Waals surface area contributed by atoms with Gasteiger partial charge >= 0.3 is 6.18 Å². The number of carbonyl (C=O) groups is 2. The van der Waals surface area contributed by atoms with E-state index in [9.17, 15) is 27.9 Å². The number of carbonyl (C=O) groups excluding carboxylic acids is 2. The summed E-state index contributed by atoms with van der Waals surface area (Å²) in [5, 5.41) is 11.1. The van der Waals surface area contributed by atoms with Crippen LogP contribution in [0.2, 0.25) is 5.15 Å². The molecule has 7 nitrogen and oxygen atoms in total. The molecule has 42 heavy (non-hydrogen) atoms. The van der Waals surface area contributed by atoms with Crippen molar-refractivity contribution >= 4 is 29.2 Å². The van der Waals surface area contributed by atoms with Gasteiger partial charge in [0, 0.05) is 45.8 Å². The van der Waals surface area contributed by atoms with Gasteiger partial charge in [0.2, 0.25) is 0 Å². The maximum Gasteiger partial charge on any atom is 0.430 e. The number of aryl methyl sites for hydroxylation is 1. The molecule has 1 aromatic carbocycles. The molecule has 2 saturated heterocycles. The number of halogens is 4. The Kier molecular flexibility index (Phi) is 9.47. The Labute approximate surface area is 250 Å². The minimum Gasteiger partial charge on any atom is -0.369 e. The van der Waals surface area contributed by atoms with Gasteiger partial charge in [0.25, 0.3) is 17.4 Å². The van der Waals surface area contributed by atoms with E-state index in [1.165, 1.54) is 28.0 Å². The Hall–Kier alpha value is -2.85. The summed E-state index contributed by atoms with van der Waals surface area (Å²) >= 11 is 6.31. The first-order valence-corrected chi connectivity index (χ1v) is 14.9. The zero-order chi connectivity index (χ0) is 30.9. The number of likely N-dealkylation sites (tertiary alicyclic amines) is 1. The summed E-state index contributed by atoms with van der Waals surface area (Å²) in [6.07, 6.45) is -0.747. The quantitative estimate of drug-likeness (QED) is 0.409. The van der Waals surface area contributed by atoms with Crippen LogP contribution in [0.3, 0.4) is 0 Å². The van der Waals surface area contributed by atoms with Crippen molar-refractivity contribution in [2.75, 3.05) is 45.2 Å². The molecule has 2 amide bonds. The Balaban J connectivity index is 1.35. The average molecular weight is 609 g/mol. The summed E-state index contributed by atoms with van der Waals surface area (Å²) in [6.45, 7) is 5.85. The normalized spacial score (nSPS) is 19.4. The Morgan fingerprint density at radius 2 is 1.74 bits per heavy atom. The number of pyridine rings is 1. The van der Waals surface area contributed by atoms with Gasteiger partial charge in [0.1, 0.15) is 11.0 Å². The highest BCUT2D eigenvalue weighted by molar-refractivity contribution is 6.32. The van der Waals surface area contributed by atoms with Crippen molar-refractivity contribution in [3.8, 4) is 0 Å². The summed E-state index contributed by atoms with van der Waals surface area (Å²) < 4.78 is 42.7. The first-order valence-electron chi connectivity index (χ1n) is 14.5. The third-order valence-corrected chi connectivity index (χ3v) is 9.21. The highest BCUT2D eigenvalue weighted by Gasteiger charge is 2.62. The van der Waals surface area contributed by atoms with Gasteiger partial charge in [-0.2, -0.15) is 13.2 Å². The second-order valence-electron chi connectivity index (χ2n) is 12.2. The number of aromatic nitrogens is 1. The highest BCUT2D eigenvalue weighted by Crippen LogP contribution is 2.44. The molecule has 230 valence electrons. The fourth-order valence-corrected chi connectivity index (χ4v) is 6.40. The fourth-order valence-electron chi connectivity index (χ4n) is 6.17. The zero-order valence-corrected chi connectivity index (χ0v) is 25.4. The molecule has 2 aliphatic heterocycles. The van der Waals surface area contributed by atoms with E-state index in [-0.39, 0.29) is 29.6 Å². The standard InChI is InChI=1S/C31H40ClF3N4O3/c1-5-21-7-6-8-23(19-21)30(42,31(33,34)35)28(41)39-17-13-29(2,14-18-39)20-22-11-15-38(16-12-22)25-10-9-24(26(32)36-25)27(40)37(3)4/h6-10,19,22,42H,5,11-18,20H2,1-4H3/t30-/m1/s1. The molecule has 2 aliphatic rings. The van der Waals surface area contributed by atoms with Crippen LogP contribution < -0.4 is 4.90 Å². The predicted octanol–water partition coefficient (Wildman–Crippen LogP) is 5.68.